The lowest BCUT2D eigenvalue weighted by Crippen LogP contribution is -2.48. The van der Waals surface area contributed by atoms with Gasteiger partial charge in [0.2, 0.25) is 0 Å². The molecule has 0 saturated carbocycles. The zero-order valence-corrected chi connectivity index (χ0v) is 12.1. The molecule has 2 aliphatic heterocycles. The van der Waals surface area contributed by atoms with Gasteiger partial charge in [-0.3, -0.25) is 4.90 Å². The van der Waals surface area contributed by atoms with Crippen molar-refractivity contribution in [2.24, 2.45) is 0 Å². The molecule has 106 valence electrons. The molecule has 0 bridgehead atoms. The van der Waals surface area contributed by atoms with Crippen molar-refractivity contribution in [2.45, 2.75) is 38.5 Å². The Kier molecular flexibility index (Phi) is 4.64. The fraction of sp³-hybridized carbons (Fsp3) is 1.00. The molecule has 2 heterocycles. The zero-order chi connectivity index (χ0) is 13.2. The van der Waals surface area contributed by atoms with Crippen molar-refractivity contribution in [1.29, 1.82) is 0 Å². The van der Waals surface area contributed by atoms with Gasteiger partial charge in [0.1, 0.15) is 0 Å². The number of hydrogen-bond donors (Lipinski definition) is 1. The van der Waals surface area contributed by atoms with Crippen LogP contribution < -0.4 is 5.32 Å². The number of rotatable bonds is 4. The van der Waals surface area contributed by atoms with Gasteiger partial charge in [0.25, 0.3) is 0 Å². The highest BCUT2D eigenvalue weighted by Crippen LogP contribution is 2.12. The summed E-state index contributed by atoms with van der Waals surface area (Å²) in [5.41, 5.74) is 0. The Labute approximate surface area is 110 Å². The third-order valence-corrected chi connectivity index (χ3v) is 5.36. The van der Waals surface area contributed by atoms with Gasteiger partial charge in [0, 0.05) is 32.2 Å². The van der Waals surface area contributed by atoms with Gasteiger partial charge >= 0.3 is 0 Å². The fourth-order valence-corrected chi connectivity index (χ4v) is 4.56. The molecule has 1 N–H and O–H groups in total. The highest BCUT2D eigenvalue weighted by Gasteiger charge is 2.27. The summed E-state index contributed by atoms with van der Waals surface area (Å²) < 4.78 is 28.3. The van der Waals surface area contributed by atoms with Gasteiger partial charge in [-0.15, -0.1) is 0 Å². The summed E-state index contributed by atoms with van der Waals surface area (Å²) in [4.78, 5) is 2.38. The van der Waals surface area contributed by atoms with E-state index in [1.54, 1.807) is 0 Å². The molecule has 0 aliphatic carbocycles. The van der Waals surface area contributed by atoms with Crippen LogP contribution >= 0.6 is 0 Å². The van der Waals surface area contributed by atoms with Gasteiger partial charge in [-0.1, -0.05) is 0 Å². The molecule has 1 unspecified atom stereocenters. The Balaban J connectivity index is 1.66. The average Bonchev–Trinajstić information content (AvgIpc) is 2.57. The minimum Gasteiger partial charge on any atom is -0.373 e. The Morgan fingerprint density at radius 1 is 1.28 bits per heavy atom. The standard InChI is InChI=1S/C12H24N2O3S/c1-10-7-14(8-11(2)17-10)5-4-13-12-3-6-18(15,16)9-12/h10-13H,3-9H2,1-2H3/t10-,11+,12?. The van der Waals surface area contributed by atoms with E-state index in [0.717, 1.165) is 32.6 Å². The maximum absolute atomic E-state index is 11.3. The molecular weight excluding hydrogens is 252 g/mol. The summed E-state index contributed by atoms with van der Waals surface area (Å²) in [6, 6.07) is 0.158. The molecule has 0 aromatic carbocycles. The zero-order valence-electron chi connectivity index (χ0n) is 11.3. The van der Waals surface area contributed by atoms with Crippen LogP contribution in [0.2, 0.25) is 0 Å². The van der Waals surface area contributed by atoms with Crippen molar-refractivity contribution in [1.82, 2.24) is 10.2 Å². The van der Waals surface area contributed by atoms with Crippen LogP contribution in [-0.2, 0) is 14.6 Å². The van der Waals surface area contributed by atoms with Crippen LogP contribution in [0.15, 0.2) is 0 Å². The van der Waals surface area contributed by atoms with E-state index in [-0.39, 0.29) is 6.04 Å². The fourth-order valence-electron chi connectivity index (χ4n) is 2.85. The van der Waals surface area contributed by atoms with Crippen LogP contribution in [0.3, 0.4) is 0 Å². The minimum absolute atomic E-state index is 0.158. The maximum atomic E-state index is 11.3. The molecule has 0 aromatic heterocycles. The van der Waals surface area contributed by atoms with Gasteiger partial charge in [0.15, 0.2) is 9.84 Å². The molecule has 0 aromatic rings. The van der Waals surface area contributed by atoms with E-state index in [4.69, 9.17) is 4.74 Å². The molecule has 2 rings (SSSR count). The van der Waals surface area contributed by atoms with E-state index in [9.17, 15) is 8.42 Å². The Hall–Kier alpha value is -0.170. The predicted molar refractivity (Wildman–Crippen MR) is 71.5 cm³/mol. The third-order valence-electron chi connectivity index (χ3n) is 3.59. The van der Waals surface area contributed by atoms with Crippen molar-refractivity contribution in [3.8, 4) is 0 Å². The summed E-state index contributed by atoms with van der Waals surface area (Å²) in [6.45, 7) is 7.96. The van der Waals surface area contributed by atoms with Crippen LogP contribution in [0.25, 0.3) is 0 Å². The van der Waals surface area contributed by atoms with Crippen LogP contribution in [0.1, 0.15) is 20.3 Å². The van der Waals surface area contributed by atoms with Crippen LogP contribution in [0, 0.1) is 0 Å². The number of ether oxygens (including phenoxy) is 1. The first-order chi connectivity index (χ1) is 8.44. The summed E-state index contributed by atoms with van der Waals surface area (Å²) in [5.74, 6) is 0.652. The van der Waals surface area contributed by atoms with Crippen molar-refractivity contribution < 1.29 is 13.2 Å². The largest absolute Gasteiger partial charge is 0.373 e. The van der Waals surface area contributed by atoms with Crippen molar-refractivity contribution in [2.75, 3.05) is 37.7 Å². The van der Waals surface area contributed by atoms with E-state index >= 15 is 0 Å². The molecular formula is C12H24N2O3S. The minimum atomic E-state index is -2.76. The predicted octanol–water partition coefficient (Wildman–Crippen LogP) is -0.128. The number of morpholine rings is 1. The van der Waals surface area contributed by atoms with Gasteiger partial charge < -0.3 is 10.1 Å². The van der Waals surface area contributed by atoms with Crippen molar-refractivity contribution in [3.63, 3.8) is 0 Å². The summed E-state index contributed by atoms with van der Waals surface area (Å²) in [7, 11) is -2.76. The van der Waals surface area contributed by atoms with E-state index in [0.29, 0.717) is 23.7 Å². The molecule has 5 nitrogen and oxygen atoms in total. The monoisotopic (exact) mass is 276 g/mol. The molecule has 0 amide bonds. The lowest BCUT2D eigenvalue weighted by atomic mass is 10.2. The molecule has 0 radical (unpaired) electrons. The number of nitrogens with zero attached hydrogens (tertiary/aromatic N) is 1. The summed E-state index contributed by atoms with van der Waals surface area (Å²) in [6.07, 6.45) is 1.35. The second-order valence-electron chi connectivity index (χ2n) is 5.57. The Morgan fingerprint density at radius 3 is 2.50 bits per heavy atom. The maximum Gasteiger partial charge on any atom is 0.151 e. The quantitative estimate of drug-likeness (QED) is 0.775. The summed E-state index contributed by atoms with van der Waals surface area (Å²) >= 11 is 0. The second-order valence-corrected chi connectivity index (χ2v) is 7.80. The second kappa shape index (κ2) is 5.86. The van der Waals surface area contributed by atoms with E-state index in [1.165, 1.54) is 0 Å². The Morgan fingerprint density at radius 2 is 1.94 bits per heavy atom. The molecule has 18 heavy (non-hydrogen) atoms. The van der Waals surface area contributed by atoms with Crippen molar-refractivity contribution >= 4 is 9.84 Å². The van der Waals surface area contributed by atoms with Crippen LogP contribution in [0.5, 0.6) is 0 Å². The van der Waals surface area contributed by atoms with E-state index in [1.807, 2.05) is 0 Å². The number of sulfone groups is 1. The highest BCUT2D eigenvalue weighted by atomic mass is 32.2. The van der Waals surface area contributed by atoms with Gasteiger partial charge in [0.05, 0.1) is 23.7 Å². The SMILES string of the molecule is C[C@@H]1CN(CCNC2CCS(=O)(=O)C2)C[C@H](C)O1. The molecule has 0 spiro atoms. The van der Waals surface area contributed by atoms with Crippen LogP contribution in [0.4, 0.5) is 0 Å². The summed E-state index contributed by atoms with van der Waals surface area (Å²) in [5, 5.41) is 3.35. The van der Waals surface area contributed by atoms with Crippen molar-refractivity contribution in [3.05, 3.63) is 0 Å². The lowest BCUT2D eigenvalue weighted by molar-refractivity contribution is -0.0675. The average molecular weight is 276 g/mol. The lowest BCUT2D eigenvalue weighted by Gasteiger charge is -2.35. The third kappa shape index (κ3) is 4.19. The van der Waals surface area contributed by atoms with E-state index in [2.05, 4.69) is 24.1 Å². The molecule has 2 fully saturated rings. The first-order valence-corrected chi connectivity index (χ1v) is 8.58. The Bertz CT molecular complexity index is 362. The van der Waals surface area contributed by atoms with Gasteiger partial charge in [-0.05, 0) is 20.3 Å². The normalized spacial score (nSPS) is 36.9. The first-order valence-electron chi connectivity index (χ1n) is 6.76. The van der Waals surface area contributed by atoms with Crippen LogP contribution in [-0.4, -0.2) is 69.3 Å². The molecule has 3 atom stereocenters. The topological polar surface area (TPSA) is 58.6 Å². The number of hydrogen-bond acceptors (Lipinski definition) is 5. The van der Waals surface area contributed by atoms with Gasteiger partial charge in [-0.25, -0.2) is 8.42 Å². The van der Waals surface area contributed by atoms with Gasteiger partial charge in [-0.2, -0.15) is 0 Å². The molecule has 2 aliphatic rings. The molecule has 6 heteroatoms. The number of nitrogens with one attached hydrogen (secondary N) is 1. The van der Waals surface area contributed by atoms with E-state index < -0.39 is 9.84 Å². The smallest absolute Gasteiger partial charge is 0.151 e. The first kappa shape index (κ1) is 14.2. The highest BCUT2D eigenvalue weighted by molar-refractivity contribution is 7.91. The molecule has 2 saturated heterocycles.